The second-order valence-electron chi connectivity index (χ2n) is 6.84. The molecule has 2 heterocycles. The van der Waals surface area contributed by atoms with E-state index >= 15 is 0 Å². The molecule has 4 rings (SSSR count). The van der Waals surface area contributed by atoms with E-state index in [-0.39, 0.29) is 17.7 Å². The van der Waals surface area contributed by atoms with E-state index < -0.39 is 0 Å². The van der Waals surface area contributed by atoms with Gasteiger partial charge in [0.05, 0.1) is 5.69 Å². The molecule has 6 heteroatoms. The number of carbonyl (C=O) groups is 1. The van der Waals surface area contributed by atoms with Crippen LogP contribution in [0.15, 0.2) is 36.5 Å². The van der Waals surface area contributed by atoms with Crippen molar-refractivity contribution < 1.29 is 9.18 Å². The van der Waals surface area contributed by atoms with Gasteiger partial charge in [-0.2, -0.15) is 0 Å². The number of rotatable bonds is 4. The van der Waals surface area contributed by atoms with Crippen molar-refractivity contribution in [2.24, 2.45) is 5.92 Å². The molecule has 1 atom stereocenters. The van der Waals surface area contributed by atoms with Crippen molar-refractivity contribution in [2.45, 2.75) is 31.6 Å². The average molecular weight is 340 g/mol. The molecule has 0 unspecified atom stereocenters. The third-order valence-corrected chi connectivity index (χ3v) is 4.84. The number of benzene rings is 1. The molecule has 1 N–H and O–H groups in total. The second kappa shape index (κ2) is 6.78. The largest absolute Gasteiger partial charge is 0.342 e. The summed E-state index contributed by atoms with van der Waals surface area (Å²) in [6.07, 6.45) is 5.81. The third kappa shape index (κ3) is 3.78. The van der Waals surface area contributed by atoms with E-state index in [4.69, 9.17) is 0 Å². The Bertz CT molecular complexity index is 778. The maximum Gasteiger partial charge on any atom is 0.227 e. The van der Waals surface area contributed by atoms with Crippen LogP contribution >= 0.6 is 0 Å². The van der Waals surface area contributed by atoms with Crippen LogP contribution < -0.4 is 5.32 Å². The first-order chi connectivity index (χ1) is 12.2. The van der Waals surface area contributed by atoms with Crippen molar-refractivity contribution in [3.05, 3.63) is 48.0 Å². The molecule has 0 bridgehead atoms. The van der Waals surface area contributed by atoms with Crippen LogP contribution in [-0.4, -0.2) is 33.9 Å². The van der Waals surface area contributed by atoms with Gasteiger partial charge in [0.25, 0.3) is 0 Å². The van der Waals surface area contributed by atoms with Crippen LogP contribution in [0.5, 0.6) is 0 Å². The fourth-order valence-electron chi connectivity index (χ4n) is 3.36. The molecule has 2 aromatic rings. The number of anilines is 2. The highest BCUT2D eigenvalue weighted by Gasteiger charge is 2.35. The van der Waals surface area contributed by atoms with Crippen LogP contribution in [0.1, 0.15) is 37.3 Å². The normalized spacial score (nSPS) is 20.4. The molecule has 130 valence electrons. The van der Waals surface area contributed by atoms with Crippen LogP contribution in [0.2, 0.25) is 0 Å². The van der Waals surface area contributed by atoms with E-state index in [0.717, 1.165) is 44.5 Å². The Hall–Kier alpha value is -2.50. The summed E-state index contributed by atoms with van der Waals surface area (Å²) in [6, 6.07) is 8.13. The minimum atomic E-state index is -0.303. The van der Waals surface area contributed by atoms with Gasteiger partial charge in [0, 0.05) is 36.8 Å². The Morgan fingerprint density at radius 3 is 2.92 bits per heavy atom. The Labute approximate surface area is 146 Å². The fraction of sp³-hybridized carbons (Fsp3) is 0.421. The van der Waals surface area contributed by atoms with Crippen LogP contribution in [0.3, 0.4) is 0 Å². The van der Waals surface area contributed by atoms with Crippen molar-refractivity contribution in [1.82, 2.24) is 14.9 Å². The van der Waals surface area contributed by atoms with Crippen LogP contribution in [0.4, 0.5) is 16.0 Å². The summed E-state index contributed by atoms with van der Waals surface area (Å²) in [5.74, 6) is 0.940. The molecule has 25 heavy (non-hydrogen) atoms. The minimum absolute atomic E-state index is 0.229. The van der Waals surface area contributed by atoms with Crippen LogP contribution in [0.25, 0.3) is 0 Å². The van der Waals surface area contributed by atoms with Crippen LogP contribution in [-0.2, 0) is 4.79 Å². The molecule has 0 spiro atoms. The predicted molar refractivity (Wildman–Crippen MR) is 93.0 cm³/mol. The second-order valence-corrected chi connectivity index (χ2v) is 6.84. The van der Waals surface area contributed by atoms with Crippen molar-refractivity contribution in [3.63, 3.8) is 0 Å². The lowest BCUT2D eigenvalue weighted by Gasteiger charge is -2.32. The summed E-state index contributed by atoms with van der Waals surface area (Å²) in [6.45, 7) is 1.58. The number of halogens is 1. The van der Waals surface area contributed by atoms with Gasteiger partial charge in [-0.05, 0) is 49.9 Å². The summed E-state index contributed by atoms with van der Waals surface area (Å²) in [7, 11) is 0. The van der Waals surface area contributed by atoms with Crippen molar-refractivity contribution in [3.8, 4) is 0 Å². The van der Waals surface area contributed by atoms with Gasteiger partial charge < -0.3 is 10.2 Å². The maximum atomic E-state index is 13.3. The van der Waals surface area contributed by atoms with E-state index in [9.17, 15) is 9.18 Å². The quantitative estimate of drug-likeness (QED) is 0.926. The van der Waals surface area contributed by atoms with Gasteiger partial charge in [-0.1, -0.05) is 6.07 Å². The molecule has 1 aromatic heterocycles. The first kappa shape index (κ1) is 16.0. The van der Waals surface area contributed by atoms with Crippen molar-refractivity contribution in [2.75, 3.05) is 18.4 Å². The number of nitrogens with zero attached hydrogens (tertiary/aromatic N) is 3. The number of hydrogen-bond acceptors (Lipinski definition) is 4. The van der Waals surface area contributed by atoms with Gasteiger partial charge >= 0.3 is 0 Å². The van der Waals surface area contributed by atoms with Gasteiger partial charge in [0.2, 0.25) is 11.9 Å². The number of carbonyl (C=O) groups excluding carboxylic acids is 1. The Morgan fingerprint density at radius 1 is 1.24 bits per heavy atom. The van der Waals surface area contributed by atoms with Gasteiger partial charge in [-0.25, -0.2) is 14.4 Å². The van der Waals surface area contributed by atoms with Gasteiger partial charge in [0.1, 0.15) is 5.82 Å². The lowest BCUT2D eigenvalue weighted by Crippen LogP contribution is -2.40. The highest BCUT2D eigenvalue weighted by Crippen LogP contribution is 2.34. The first-order valence-corrected chi connectivity index (χ1v) is 8.83. The summed E-state index contributed by atoms with van der Waals surface area (Å²) in [5.41, 5.74) is 1.55. The van der Waals surface area contributed by atoms with Gasteiger partial charge in [-0.15, -0.1) is 0 Å². The number of hydrogen-bond donors (Lipinski definition) is 1. The minimum Gasteiger partial charge on any atom is -0.342 e. The lowest BCUT2D eigenvalue weighted by atomic mass is 9.94. The Kier molecular flexibility index (Phi) is 4.34. The molecule has 0 radical (unpaired) electrons. The van der Waals surface area contributed by atoms with E-state index in [1.54, 1.807) is 18.3 Å². The van der Waals surface area contributed by atoms with Gasteiger partial charge in [0.15, 0.2) is 0 Å². The molecule has 1 aliphatic carbocycles. The predicted octanol–water partition coefficient (Wildman–Crippen LogP) is 3.48. The third-order valence-electron chi connectivity index (χ3n) is 4.84. The van der Waals surface area contributed by atoms with E-state index in [1.807, 2.05) is 11.0 Å². The van der Waals surface area contributed by atoms with Crippen LogP contribution in [0, 0.1) is 11.7 Å². The molecule has 2 fully saturated rings. The molecule has 5 nitrogen and oxygen atoms in total. The fourth-order valence-corrected chi connectivity index (χ4v) is 3.36. The average Bonchev–Trinajstić information content (AvgIpc) is 3.47. The Balaban J connectivity index is 1.47. The number of nitrogens with one attached hydrogen (secondary N) is 1. The number of amides is 1. The molecule has 1 saturated heterocycles. The monoisotopic (exact) mass is 340 g/mol. The van der Waals surface area contributed by atoms with Gasteiger partial charge in [-0.3, -0.25) is 4.79 Å². The smallest absolute Gasteiger partial charge is 0.227 e. The van der Waals surface area contributed by atoms with E-state index in [2.05, 4.69) is 15.3 Å². The summed E-state index contributed by atoms with van der Waals surface area (Å²) < 4.78 is 13.3. The first-order valence-electron chi connectivity index (χ1n) is 8.83. The molecular weight excluding hydrogens is 319 g/mol. The Morgan fingerprint density at radius 2 is 2.12 bits per heavy atom. The molecule has 2 aliphatic rings. The zero-order chi connectivity index (χ0) is 17.2. The van der Waals surface area contributed by atoms with E-state index in [0.29, 0.717) is 17.5 Å². The maximum absolute atomic E-state index is 13.3. The van der Waals surface area contributed by atoms with E-state index in [1.165, 1.54) is 12.1 Å². The summed E-state index contributed by atoms with van der Waals surface area (Å²) >= 11 is 0. The number of aromatic nitrogens is 2. The molecule has 1 aliphatic heterocycles. The number of piperidine rings is 1. The van der Waals surface area contributed by atoms with Crippen molar-refractivity contribution in [1.29, 1.82) is 0 Å². The molecule has 1 saturated carbocycles. The molecular formula is C19H21FN4O. The topological polar surface area (TPSA) is 58.1 Å². The SMILES string of the molecule is O=C(C1CC1)N1CCC[C@H](c2ccnc(Nc3cccc(F)c3)n2)C1. The molecule has 1 aromatic carbocycles. The zero-order valence-corrected chi connectivity index (χ0v) is 14.0. The van der Waals surface area contributed by atoms with Crippen molar-refractivity contribution >= 4 is 17.5 Å². The highest BCUT2D eigenvalue weighted by molar-refractivity contribution is 5.81. The highest BCUT2D eigenvalue weighted by atomic mass is 19.1. The summed E-state index contributed by atoms with van der Waals surface area (Å²) in [5, 5.41) is 3.04. The lowest BCUT2D eigenvalue weighted by molar-refractivity contribution is -0.133. The zero-order valence-electron chi connectivity index (χ0n) is 14.0. The standard InChI is InChI=1S/C19H21FN4O/c20-15-4-1-5-16(11-15)22-19-21-9-8-17(23-19)14-3-2-10-24(12-14)18(25)13-6-7-13/h1,4-5,8-9,11,13-14H,2-3,6-7,10,12H2,(H,21,22,23)/t14-/m0/s1. The number of likely N-dealkylation sites (tertiary alicyclic amines) is 1. The summed E-state index contributed by atoms with van der Waals surface area (Å²) in [4.78, 5) is 23.1. The molecule has 1 amide bonds.